The fraction of sp³-hybridized carbons (Fsp3) is 0.800. The smallest absolute Gasteiger partial charge is 0.208 e. The van der Waals surface area contributed by atoms with Gasteiger partial charge in [0.15, 0.2) is 4.34 Å². The summed E-state index contributed by atoms with van der Waals surface area (Å²) in [7, 11) is 3.98. The predicted octanol–water partition coefficient (Wildman–Crippen LogP) is 3.04. The zero-order chi connectivity index (χ0) is 12.0. The lowest BCUT2D eigenvalue weighted by Crippen LogP contribution is -2.07. The van der Waals surface area contributed by atoms with Crippen LogP contribution in [0.4, 0.5) is 5.13 Å². The van der Waals surface area contributed by atoms with Crippen molar-refractivity contribution >= 4 is 40.9 Å². The molecule has 1 atom stereocenters. The molecule has 1 heterocycles. The molecule has 6 heteroatoms. The summed E-state index contributed by atoms with van der Waals surface area (Å²) < 4.78 is 1.07. The van der Waals surface area contributed by atoms with Crippen molar-refractivity contribution in [1.82, 2.24) is 10.2 Å². The number of thioether (sulfide) groups is 1. The third-order valence-corrected chi connectivity index (χ3v) is 4.75. The van der Waals surface area contributed by atoms with E-state index < -0.39 is 0 Å². The van der Waals surface area contributed by atoms with Gasteiger partial charge in [-0.1, -0.05) is 30.0 Å². The summed E-state index contributed by atoms with van der Waals surface area (Å²) >= 11 is 7.71. The van der Waals surface area contributed by atoms with Gasteiger partial charge in [-0.15, -0.1) is 10.2 Å². The summed E-state index contributed by atoms with van der Waals surface area (Å²) in [5, 5.41) is 9.24. The molecule has 0 aliphatic heterocycles. The fourth-order valence-electron chi connectivity index (χ4n) is 1.15. The van der Waals surface area contributed by atoms with Gasteiger partial charge in [0, 0.05) is 19.8 Å². The highest BCUT2D eigenvalue weighted by atomic mass is 32.2. The van der Waals surface area contributed by atoms with Crippen LogP contribution in [0.3, 0.4) is 0 Å². The van der Waals surface area contributed by atoms with Crippen molar-refractivity contribution in [3.8, 4) is 0 Å². The maximum absolute atomic E-state index is 4.25. The Balaban J connectivity index is 2.26. The Bertz CT molecular complexity index is 301. The van der Waals surface area contributed by atoms with Crippen LogP contribution in [0.2, 0.25) is 0 Å². The standard InChI is InChI=1S/C10H19N3S3/c1-8(4-6-14)5-7-15-10-12-11-9(16-10)13(2)3/h8,14H,4-7H2,1-3H3. The maximum Gasteiger partial charge on any atom is 0.208 e. The van der Waals surface area contributed by atoms with E-state index in [1.165, 1.54) is 12.8 Å². The van der Waals surface area contributed by atoms with Crippen LogP contribution in [0.15, 0.2) is 4.34 Å². The van der Waals surface area contributed by atoms with E-state index in [-0.39, 0.29) is 0 Å². The third kappa shape index (κ3) is 4.93. The van der Waals surface area contributed by atoms with Crippen molar-refractivity contribution in [2.45, 2.75) is 24.1 Å². The Morgan fingerprint density at radius 3 is 2.69 bits per heavy atom. The number of hydrogen-bond donors (Lipinski definition) is 1. The highest BCUT2D eigenvalue weighted by molar-refractivity contribution is 8.01. The number of rotatable bonds is 7. The molecule has 0 spiro atoms. The van der Waals surface area contributed by atoms with Crippen LogP contribution in [-0.2, 0) is 0 Å². The minimum absolute atomic E-state index is 0.756. The molecule has 0 saturated carbocycles. The first kappa shape index (κ1) is 14.1. The van der Waals surface area contributed by atoms with Crippen LogP contribution in [0, 0.1) is 5.92 Å². The zero-order valence-corrected chi connectivity index (χ0v) is 12.5. The molecule has 92 valence electrons. The Kier molecular flexibility index (Phi) is 6.53. The van der Waals surface area contributed by atoms with E-state index >= 15 is 0 Å². The molecule has 3 nitrogen and oxygen atoms in total. The lowest BCUT2D eigenvalue weighted by atomic mass is 10.1. The monoisotopic (exact) mass is 277 g/mol. The van der Waals surface area contributed by atoms with E-state index in [1.54, 1.807) is 23.1 Å². The Labute approximate surface area is 111 Å². The average Bonchev–Trinajstić information content (AvgIpc) is 2.67. The van der Waals surface area contributed by atoms with E-state index in [0.29, 0.717) is 0 Å². The van der Waals surface area contributed by atoms with Gasteiger partial charge in [0.05, 0.1) is 0 Å². The van der Waals surface area contributed by atoms with Gasteiger partial charge >= 0.3 is 0 Å². The van der Waals surface area contributed by atoms with E-state index in [1.807, 2.05) is 19.0 Å². The molecular weight excluding hydrogens is 258 g/mol. The Morgan fingerprint density at radius 1 is 1.38 bits per heavy atom. The third-order valence-electron chi connectivity index (χ3n) is 2.24. The number of anilines is 1. The molecule has 0 radical (unpaired) electrons. The van der Waals surface area contributed by atoms with Crippen molar-refractivity contribution < 1.29 is 0 Å². The highest BCUT2D eigenvalue weighted by Gasteiger charge is 2.07. The molecule has 16 heavy (non-hydrogen) atoms. The SMILES string of the molecule is CC(CCS)CCSc1nnc(N(C)C)s1. The molecule has 0 aliphatic rings. The summed E-state index contributed by atoms with van der Waals surface area (Å²) in [6.07, 6.45) is 2.42. The average molecular weight is 277 g/mol. The quantitative estimate of drug-likeness (QED) is 0.613. The van der Waals surface area contributed by atoms with Gasteiger partial charge in [-0.2, -0.15) is 12.6 Å². The summed E-state index contributed by atoms with van der Waals surface area (Å²) in [6, 6.07) is 0. The molecule has 0 aromatic carbocycles. The van der Waals surface area contributed by atoms with Crippen molar-refractivity contribution in [3.63, 3.8) is 0 Å². The second-order valence-corrected chi connectivity index (χ2v) is 6.74. The van der Waals surface area contributed by atoms with Crippen molar-refractivity contribution in [1.29, 1.82) is 0 Å². The molecule has 0 fully saturated rings. The second-order valence-electron chi connectivity index (χ2n) is 4.00. The van der Waals surface area contributed by atoms with Gasteiger partial charge < -0.3 is 4.90 Å². The minimum Gasteiger partial charge on any atom is -0.353 e. The van der Waals surface area contributed by atoms with Crippen LogP contribution in [-0.4, -0.2) is 35.8 Å². The highest BCUT2D eigenvalue weighted by Crippen LogP contribution is 2.28. The van der Waals surface area contributed by atoms with Crippen LogP contribution in [0.5, 0.6) is 0 Å². The van der Waals surface area contributed by atoms with Gasteiger partial charge in [0.2, 0.25) is 5.13 Å². The molecule has 0 aliphatic carbocycles. The first-order chi connectivity index (χ1) is 7.63. The lowest BCUT2D eigenvalue weighted by molar-refractivity contribution is 0.554. The number of aromatic nitrogens is 2. The van der Waals surface area contributed by atoms with E-state index in [9.17, 15) is 0 Å². The molecule has 1 unspecified atom stereocenters. The summed E-state index contributed by atoms with van der Waals surface area (Å²) in [5.41, 5.74) is 0. The topological polar surface area (TPSA) is 29.0 Å². The number of hydrogen-bond acceptors (Lipinski definition) is 6. The number of thiol groups is 1. The second kappa shape index (κ2) is 7.40. The first-order valence-corrected chi connectivity index (χ1v) is 7.81. The normalized spacial score (nSPS) is 12.8. The van der Waals surface area contributed by atoms with Crippen molar-refractivity contribution in [2.75, 3.05) is 30.5 Å². The van der Waals surface area contributed by atoms with Crippen LogP contribution in [0.1, 0.15) is 19.8 Å². The summed E-state index contributed by atoms with van der Waals surface area (Å²) in [6.45, 7) is 2.28. The van der Waals surface area contributed by atoms with E-state index in [4.69, 9.17) is 0 Å². The molecule has 1 aromatic rings. The van der Waals surface area contributed by atoms with Gasteiger partial charge in [-0.25, -0.2) is 0 Å². The van der Waals surface area contributed by atoms with Gasteiger partial charge in [0.25, 0.3) is 0 Å². The number of nitrogens with zero attached hydrogens (tertiary/aromatic N) is 3. The predicted molar refractivity (Wildman–Crippen MR) is 77.2 cm³/mol. The van der Waals surface area contributed by atoms with Gasteiger partial charge in [-0.3, -0.25) is 0 Å². The fourth-order valence-corrected chi connectivity index (χ4v) is 3.60. The van der Waals surface area contributed by atoms with Crippen LogP contribution < -0.4 is 4.90 Å². The molecule has 1 aromatic heterocycles. The molecule has 0 bridgehead atoms. The van der Waals surface area contributed by atoms with Crippen LogP contribution >= 0.6 is 35.7 Å². The van der Waals surface area contributed by atoms with Gasteiger partial charge in [-0.05, 0) is 24.5 Å². The molecular formula is C10H19N3S3. The molecule has 0 amide bonds. The zero-order valence-electron chi connectivity index (χ0n) is 10.0. The largest absolute Gasteiger partial charge is 0.353 e. The molecule has 0 N–H and O–H groups in total. The summed E-state index contributed by atoms with van der Waals surface area (Å²) in [4.78, 5) is 1.99. The summed E-state index contributed by atoms with van der Waals surface area (Å²) in [5.74, 6) is 2.86. The van der Waals surface area contributed by atoms with Crippen molar-refractivity contribution in [2.24, 2.45) is 5.92 Å². The van der Waals surface area contributed by atoms with Crippen LogP contribution in [0.25, 0.3) is 0 Å². The molecule has 0 saturated heterocycles. The van der Waals surface area contributed by atoms with Gasteiger partial charge in [0.1, 0.15) is 0 Å². The van der Waals surface area contributed by atoms with E-state index in [0.717, 1.165) is 26.9 Å². The molecule has 1 rings (SSSR count). The lowest BCUT2D eigenvalue weighted by Gasteiger charge is -2.07. The minimum atomic E-state index is 0.756. The maximum atomic E-state index is 4.25. The first-order valence-electron chi connectivity index (χ1n) is 5.38. The Hall–Kier alpha value is 0.0600. The van der Waals surface area contributed by atoms with Crippen molar-refractivity contribution in [3.05, 3.63) is 0 Å². The van der Waals surface area contributed by atoms with E-state index in [2.05, 4.69) is 29.7 Å². The Morgan fingerprint density at radius 2 is 2.12 bits per heavy atom.